The summed E-state index contributed by atoms with van der Waals surface area (Å²) in [6, 6.07) is 9.35. The van der Waals surface area contributed by atoms with E-state index in [1.54, 1.807) is 0 Å². The first kappa shape index (κ1) is 12.4. The average Bonchev–Trinajstić information content (AvgIpc) is 2.17. The van der Waals surface area contributed by atoms with Crippen molar-refractivity contribution in [2.24, 2.45) is 5.73 Å². The summed E-state index contributed by atoms with van der Waals surface area (Å²) in [4.78, 5) is 0. The molecule has 0 bridgehead atoms. The monoisotopic (exact) mass is 201 g/mol. The lowest BCUT2D eigenvalue weighted by Crippen LogP contribution is -2.27. The third-order valence-corrected chi connectivity index (χ3v) is 2.02. The van der Waals surface area contributed by atoms with E-state index in [4.69, 9.17) is 5.73 Å². The minimum absolute atomic E-state index is 0. The molecule has 0 aliphatic carbocycles. The maximum absolute atomic E-state index is 9.66. The van der Waals surface area contributed by atoms with Crippen molar-refractivity contribution in [3.8, 4) is 0 Å². The lowest BCUT2D eigenvalue weighted by molar-refractivity contribution is 0.144. The molecule has 0 fully saturated rings. The Hall–Kier alpha value is -0.570. The molecule has 1 rings (SSSR count). The second kappa shape index (κ2) is 5.97. The Labute approximate surface area is 85.2 Å². The minimum atomic E-state index is -0.531. The first-order valence-corrected chi connectivity index (χ1v) is 4.24. The molecule has 2 unspecified atom stereocenters. The van der Waals surface area contributed by atoms with Crippen molar-refractivity contribution in [2.75, 3.05) is 0 Å². The lowest BCUT2D eigenvalue weighted by Gasteiger charge is -2.16. The van der Waals surface area contributed by atoms with Gasteiger partial charge >= 0.3 is 0 Å². The predicted molar refractivity (Wildman–Crippen MR) is 56.9 cm³/mol. The van der Waals surface area contributed by atoms with E-state index in [-0.39, 0.29) is 18.4 Å². The van der Waals surface area contributed by atoms with Crippen molar-refractivity contribution < 1.29 is 5.11 Å². The van der Waals surface area contributed by atoms with Gasteiger partial charge in [0, 0.05) is 6.04 Å². The van der Waals surface area contributed by atoms with Gasteiger partial charge in [0.1, 0.15) is 0 Å². The Bertz CT molecular complexity index is 228. The number of aliphatic hydroxyl groups is 1. The molecule has 0 spiro atoms. The maximum Gasteiger partial charge on any atom is 0.0940 e. The van der Waals surface area contributed by atoms with Gasteiger partial charge in [-0.3, -0.25) is 0 Å². The van der Waals surface area contributed by atoms with E-state index >= 15 is 0 Å². The van der Waals surface area contributed by atoms with E-state index in [1.807, 2.05) is 37.3 Å². The van der Waals surface area contributed by atoms with E-state index < -0.39 is 6.10 Å². The number of hydrogen-bond donors (Lipinski definition) is 2. The van der Waals surface area contributed by atoms with Crippen molar-refractivity contribution in [2.45, 2.75) is 25.5 Å². The van der Waals surface area contributed by atoms with Crippen molar-refractivity contribution in [3.63, 3.8) is 0 Å². The minimum Gasteiger partial charge on any atom is -0.387 e. The van der Waals surface area contributed by atoms with Crippen LogP contribution < -0.4 is 5.73 Å². The first-order chi connectivity index (χ1) is 5.75. The van der Waals surface area contributed by atoms with Crippen molar-refractivity contribution in [3.05, 3.63) is 35.9 Å². The van der Waals surface area contributed by atoms with Gasteiger partial charge < -0.3 is 10.8 Å². The Morgan fingerprint density at radius 3 is 2.31 bits per heavy atom. The van der Waals surface area contributed by atoms with Gasteiger partial charge in [-0.05, 0) is 12.0 Å². The smallest absolute Gasteiger partial charge is 0.0940 e. The quantitative estimate of drug-likeness (QED) is 0.785. The summed E-state index contributed by atoms with van der Waals surface area (Å²) in [6.45, 7) is 1.97. The highest BCUT2D eigenvalue weighted by molar-refractivity contribution is 5.85. The van der Waals surface area contributed by atoms with Gasteiger partial charge in [0.15, 0.2) is 0 Å². The number of benzene rings is 1. The van der Waals surface area contributed by atoms with Crippen LogP contribution in [0.3, 0.4) is 0 Å². The Morgan fingerprint density at radius 2 is 1.85 bits per heavy atom. The van der Waals surface area contributed by atoms with Gasteiger partial charge in [-0.25, -0.2) is 0 Å². The van der Waals surface area contributed by atoms with Gasteiger partial charge in [-0.1, -0.05) is 37.3 Å². The molecule has 0 heterocycles. The van der Waals surface area contributed by atoms with Gasteiger partial charge in [-0.2, -0.15) is 0 Å². The molecule has 1 aromatic rings. The van der Waals surface area contributed by atoms with Crippen molar-refractivity contribution in [1.29, 1.82) is 0 Å². The molecular formula is C10H16ClNO. The topological polar surface area (TPSA) is 46.2 Å². The van der Waals surface area contributed by atoms with Crippen LogP contribution in [0, 0.1) is 0 Å². The van der Waals surface area contributed by atoms with Crippen LogP contribution in [0.2, 0.25) is 0 Å². The summed E-state index contributed by atoms with van der Waals surface area (Å²) < 4.78 is 0. The summed E-state index contributed by atoms with van der Waals surface area (Å²) >= 11 is 0. The fraction of sp³-hybridized carbons (Fsp3) is 0.400. The van der Waals surface area contributed by atoms with Crippen molar-refractivity contribution >= 4 is 12.4 Å². The third-order valence-electron chi connectivity index (χ3n) is 2.02. The van der Waals surface area contributed by atoms with Crippen LogP contribution in [0.25, 0.3) is 0 Å². The van der Waals surface area contributed by atoms with Crippen LogP contribution in [0.4, 0.5) is 0 Å². The second-order valence-electron chi connectivity index (χ2n) is 2.93. The Balaban J connectivity index is 0.00000144. The van der Waals surface area contributed by atoms with Crippen molar-refractivity contribution in [1.82, 2.24) is 0 Å². The summed E-state index contributed by atoms with van der Waals surface area (Å²) in [5.74, 6) is 0. The molecule has 0 aliphatic rings. The lowest BCUT2D eigenvalue weighted by atomic mass is 10.0. The van der Waals surface area contributed by atoms with Crippen LogP contribution in [0.5, 0.6) is 0 Å². The molecule has 2 atom stereocenters. The molecule has 0 radical (unpaired) electrons. The highest BCUT2D eigenvalue weighted by atomic mass is 35.5. The fourth-order valence-corrected chi connectivity index (χ4v) is 1.12. The molecule has 0 aromatic heterocycles. The molecule has 0 saturated carbocycles. The fourth-order valence-electron chi connectivity index (χ4n) is 1.12. The average molecular weight is 202 g/mol. The summed E-state index contributed by atoms with van der Waals surface area (Å²) in [7, 11) is 0. The Kier molecular flexibility index (Phi) is 5.71. The highest BCUT2D eigenvalue weighted by Gasteiger charge is 2.13. The molecule has 0 aliphatic heterocycles. The SMILES string of the molecule is CCC(N)C(O)c1ccccc1.Cl. The molecule has 0 saturated heterocycles. The second-order valence-corrected chi connectivity index (χ2v) is 2.93. The Morgan fingerprint density at radius 1 is 1.31 bits per heavy atom. The molecule has 13 heavy (non-hydrogen) atoms. The number of halogens is 1. The zero-order valence-corrected chi connectivity index (χ0v) is 8.50. The number of hydrogen-bond acceptors (Lipinski definition) is 2. The zero-order valence-electron chi connectivity index (χ0n) is 7.68. The molecule has 1 aromatic carbocycles. The van der Waals surface area contributed by atoms with E-state index in [0.29, 0.717) is 0 Å². The predicted octanol–water partition coefficient (Wildman–Crippen LogP) is 1.88. The molecule has 3 N–H and O–H groups in total. The molecule has 0 amide bonds. The number of nitrogens with two attached hydrogens (primary N) is 1. The highest BCUT2D eigenvalue weighted by Crippen LogP contribution is 2.16. The van der Waals surface area contributed by atoms with Crippen LogP contribution in [-0.2, 0) is 0 Å². The van der Waals surface area contributed by atoms with Gasteiger partial charge in [-0.15, -0.1) is 12.4 Å². The molecule has 2 nitrogen and oxygen atoms in total. The number of aliphatic hydroxyl groups excluding tert-OH is 1. The summed E-state index contributed by atoms with van der Waals surface area (Å²) in [6.07, 6.45) is 0.256. The molecular weight excluding hydrogens is 186 g/mol. The van der Waals surface area contributed by atoms with Gasteiger partial charge in [0.2, 0.25) is 0 Å². The third kappa shape index (κ3) is 3.35. The normalized spacial score (nSPS) is 14.4. The maximum atomic E-state index is 9.66. The van der Waals surface area contributed by atoms with E-state index in [0.717, 1.165) is 12.0 Å². The van der Waals surface area contributed by atoms with Crippen LogP contribution >= 0.6 is 12.4 Å². The van der Waals surface area contributed by atoms with Gasteiger partial charge in [0.25, 0.3) is 0 Å². The summed E-state index contributed by atoms with van der Waals surface area (Å²) in [5.41, 5.74) is 6.59. The molecule has 3 heteroatoms. The van der Waals surface area contributed by atoms with E-state index in [1.165, 1.54) is 0 Å². The largest absolute Gasteiger partial charge is 0.387 e. The number of rotatable bonds is 3. The van der Waals surface area contributed by atoms with Crippen LogP contribution in [-0.4, -0.2) is 11.1 Å². The van der Waals surface area contributed by atoms with Crippen LogP contribution in [0.15, 0.2) is 30.3 Å². The first-order valence-electron chi connectivity index (χ1n) is 4.24. The van der Waals surface area contributed by atoms with Crippen LogP contribution in [0.1, 0.15) is 25.0 Å². The standard InChI is InChI=1S/C10H15NO.ClH/c1-2-9(11)10(12)8-6-4-3-5-7-8;/h3-7,9-10,12H,2,11H2,1H3;1H. The molecule has 74 valence electrons. The van der Waals surface area contributed by atoms with Gasteiger partial charge in [0.05, 0.1) is 6.10 Å². The van der Waals surface area contributed by atoms with E-state index in [2.05, 4.69) is 0 Å². The zero-order chi connectivity index (χ0) is 8.97. The summed E-state index contributed by atoms with van der Waals surface area (Å²) in [5, 5.41) is 9.66. The van der Waals surface area contributed by atoms with E-state index in [9.17, 15) is 5.11 Å².